The highest BCUT2D eigenvalue weighted by atomic mass is 35.5. The number of hydrogen-bond donors (Lipinski definition) is 1. The van der Waals surface area contributed by atoms with Gasteiger partial charge in [-0.2, -0.15) is 0 Å². The largest absolute Gasteiger partial charge is 0.336 e. The zero-order valence-electron chi connectivity index (χ0n) is 14.8. The van der Waals surface area contributed by atoms with Crippen molar-refractivity contribution in [2.75, 3.05) is 19.6 Å². The maximum atomic E-state index is 13.1. The van der Waals surface area contributed by atoms with Crippen LogP contribution in [0.2, 0.25) is 0 Å². The third kappa shape index (κ3) is 3.90. The standard InChI is InChI=1S/C19H19FN4OS.ClH/c1-23-10-9-22-18(23)15-12-21-8-11-24(15)19(25)17-7-6-16(26-17)13-2-4-14(20)5-3-13;/h2-7,9-10,15,21H,8,11-12H2,1H3;1H. The van der Waals surface area contributed by atoms with Crippen LogP contribution in [0.25, 0.3) is 10.4 Å². The number of carbonyl (C=O) groups excluding carboxylic acids is 1. The molecule has 0 aliphatic carbocycles. The highest BCUT2D eigenvalue weighted by molar-refractivity contribution is 7.17. The van der Waals surface area contributed by atoms with Crippen molar-refractivity contribution in [3.8, 4) is 10.4 Å². The van der Waals surface area contributed by atoms with E-state index in [1.54, 1.807) is 18.3 Å². The molecule has 1 aliphatic rings. The number of carbonyl (C=O) groups is 1. The minimum atomic E-state index is -0.264. The van der Waals surface area contributed by atoms with Crippen molar-refractivity contribution in [3.63, 3.8) is 0 Å². The van der Waals surface area contributed by atoms with Crippen LogP contribution in [0.15, 0.2) is 48.8 Å². The van der Waals surface area contributed by atoms with E-state index in [-0.39, 0.29) is 30.2 Å². The number of aryl methyl sites for hydroxylation is 1. The van der Waals surface area contributed by atoms with Crippen molar-refractivity contribution in [2.24, 2.45) is 7.05 Å². The van der Waals surface area contributed by atoms with Gasteiger partial charge in [0.15, 0.2) is 0 Å². The molecule has 4 rings (SSSR count). The first-order chi connectivity index (χ1) is 12.6. The average molecular weight is 407 g/mol. The molecule has 0 spiro atoms. The number of benzene rings is 1. The van der Waals surface area contributed by atoms with Gasteiger partial charge in [0.25, 0.3) is 5.91 Å². The molecule has 1 atom stereocenters. The van der Waals surface area contributed by atoms with Crippen molar-refractivity contribution in [1.29, 1.82) is 0 Å². The fourth-order valence-electron chi connectivity index (χ4n) is 3.24. The number of amides is 1. The van der Waals surface area contributed by atoms with E-state index in [0.29, 0.717) is 18.0 Å². The molecule has 3 heterocycles. The van der Waals surface area contributed by atoms with Crippen molar-refractivity contribution in [1.82, 2.24) is 19.8 Å². The van der Waals surface area contributed by atoms with Crippen LogP contribution in [0.1, 0.15) is 21.5 Å². The quantitative estimate of drug-likeness (QED) is 0.724. The number of thiophene rings is 1. The van der Waals surface area contributed by atoms with Crippen LogP contribution in [0.5, 0.6) is 0 Å². The fourth-order valence-corrected chi connectivity index (χ4v) is 4.21. The topological polar surface area (TPSA) is 50.2 Å². The summed E-state index contributed by atoms with van der Waals surface area (Å²) in [7, 11) is 1.94. The zero-order chi connectivity index (χ0) is 18.1. The lowest BCUT2D eigenvalue weighted by molar-refractivity contribution is 0.0626. The monoisotopic (exact) mass is 406 g/mol. The molecular weight excluding hydrogens is 387 g/mol. The predicted molar refractivity (Wildman–Crippen MR) is 107 cm³/mol. The summed E-state index contributed by atoms with van der Waals surface area (Å²) in [6, 6.07) is 10.0. The Morgan fingerprint density at radius 2 is 2.04 bits per heavy atom. The third-order valence-electron chi connectivity index (χ3n) is 4.61. The molecule has 1 aromatic carbocycles. The molecule has 5 nitrogen and oxygen atoms in total. The maximum absolute atomic E-state index is 13.1. The minimum Gasteiger partial charge on any atom is -0.336 e. The van der Waals surface area contributed by atoms with E-state index >= 15 is 0 Å². The number of nitrogens with one attached hydrogen (secondary N) is 1. The van der Waals surface area contributed by atoms with E-state index in [9.17, 15) is 9.18 Å². The number of piperazine rings is 1. The first-order valence-corrected chi connectivity index (χ1v) is 9.30. The van der Waals surface area contributed by atoms with Gasteiger partial charge in [0, 0.05) is 44.0 Å². The molecule has 3 aromatic rings. The minimum absolute atomic E-state index is 0. The van der Waals surface area contributed by atoms with Gasteiger partial charge in [-0.05, 0) is 29.8 Å². The normalized spacial score (nSPS) is 16.8. The number of rotatable bonds is 3. The average Bonchev–Trinajstić information content (AvgIpc) is 3.31. The van der Waals surface area contributed by atoms with E-state index in [0.717, 1.165) is 22.8 Å². The van der Waals surface area contributed by atoms with Crippen LogP contribution < -0.4 is 5.32 Å². The van der Waals surface area contributed by atoms with Crippen LogP contribution in [0, 0.1) is 5.82 Å². The summed E-state index contributed by atoms with van der Waals surface area (Å²) in [6.45, 7) is 2.09. The van der Waals surface area contributed by atoms with Gasteiger partial charge in [-0.25, -0.2) is 9.37 Å². The molecule has 1 amide bonds. The second-order valence-electron chi connectivity index (χ2n) is 6.29. The molecule has 8 heteroatoms. The zero-order valence-corrected chi connectivity index (χ0v) is 16.4. The Balaban J connectivity index is 0.00000210. The van der Waals surface area contributed by atoms with E-state index in [2.05, 4.69) is 10.3 Å². The molecule has 0 radical (unpaired) electrons. The van der Waals surface area contributed by atoms with Crippen LogP contribution in [0.4, 0.5) is 4.39 Å². The summed E-state index contributed by atoms with van der Waals surface area (Å²) in [5, 5.41) is 3.34. The van der Waals surface area contributed by atoms with Crippen molar-refractivity contribution < 1.29 is 9.18 Å². The smallest absolute Gasteiger partial charge is 0.264 e. The van der Waals surface area contributed by atoms with Gasteiger partial charge in [-0.1, -0.05) is 12.1 Å². The van der Waals surface area contributed by atoms with Crippen molar-refractivity contribution in [2.45, 2.75) is 6.04 Å². The van der Waals surface area contributed by atoms with Gasteiger partial charge >= 0.3 is 0 Å². The van der Waals surface area contributed by atoms with Gasteiger partial charge < -0.3 is 14.8 Å². The van der Waals surface area contributed by atoms with Gasteiger partial charge in [0.2, 0.25) is 0 Å². The molecule has 2 aromatic heterocycles. The van der Waals surface area contributed by atoms with Crippen molar-refractivity contribution in [3.05, 3.63) is 65.3 Å². The Bertz CT molecular complexity index is 924. The summed E-state index contributed by atoms with van der Waals surface area (Å²) in [5.74, 6) is 0.624. The summed E-state index contributed by atoms with van der Waals surface area (Å²) < 4.78 is 15.1. The van der Waals surface area contributed by atoms with Crippen LogP contribution in [0.3, 0.4) is 0 Å². The van der Waals surface area contributed by atoms with E-state index < -0.39 is 0 Å². The Hall–Kier alpha value is -2.22. The van der Waals surface area contributed by atoms with Gasteiger partial charge in [-0.3, -0.25) is 4.79 Å². The van der Waals surface area contributed by atoms with E-state index in [4.69, 9.17) is 0 Å². The first kappa shape index (κ1) is 19.5. The molecule has 0 bridgehead atoms. The Kier molecular flexibility index (Phi) is 5.94. The molecule has 1 unspecified atom stereocenters. The van der Waals surface area contributed by atoms with Gasteiger partial charge in [0.1, 0.15) is 17.7 Å². The molecule has 142 valence electrons. The van der Waals surface area contributed by atoms with E-state index in [1.165, 1.54) is 23.5 Å². The van der Waals surface area contributed by atoms with Crippen LogP contribution in [-0.2, 0) is 7.05 Å². The van der Waals surface area contributed by atoms with Gasteiger partial charge in [0.05, 0.1) is 4.88 Å². The molecule has 1 saturated heterocycles. The number of halogens is 2. The van der Waals surface area contributed by atoms with Crippen LogP contribution in [-0.4, -0.2) is 40.0 Å². The summed E-state index contributed by atoms with van der Waals surface area (Å²) in [4.78, 5) is 21.1. The maximum Gasteiger partial charge on any atom is 0.264 e. The third-order valence-corrected chi connectivity index (χ3v) is 5.73. The summed E-state index contributed by atoms with van der Waals surface area (Å²) >= 11 is 1.44. The highest BCUT2D eigenvalue weighted by Gasteiger charge is 2.31. The number of hydrogen-bond acceptors (Lipinski definition) is 4. The lowest BCUT2D eigenvalue weighted by Gasteiger charge is -2.35. The summed E-state index contributed by atoms with van der Waals surface area (Å²) in [5.41, 5.74) is 0.913. The lowest BCUT2D eigenvalue weighted by atomic mass is 10.1. The molecule has 1 aliphatic heterocycles. The summed E-state index contributed by atoms with van der Waals surface area (Å²) in [6.07, 6.45) is 3.65. The molecule has 1 fully saturated rings. The van der Waals surface area contributed by atoms with E-state index in [1.807, 2.05) is 34.8 Å². The molecule has 0 saturated carbocycles. The Morgan fingerprint density at radius 1 is 1.26 bits per heavy atom. The molecular formula is C19H20ClFN4OS. The first-order valence-electron chi connectivity index (χ1n) is 8.48. The highest BCUT2D eigenvalue weighted by Crippen LogP contribution is 2.31. The van der Waals surface area contributed by atoms with Gasteiger partial charge in [-0.15, -0.1) is 23.7 Å². The second kappa shape index (κ2) is 8.21. The number of imidazole rings is 1. The Morgan fingerprint density at radius 3 is 2.74 bits per heavy atom. The SMILES string of the molecule is Cl.Cn1ccnc1C1CNCCN1C(=O)c1ccc(-c2ccc(F)cc2)s1. The number of nitrogens with zero attached hydrogens (tertiary/aromatic N) is 3. The second-order valence-corrected chi connectivity index (χ2v) is 7.37. The van der Waals surface area contributed by atoms with Crippen molar-refractivity contribution >= 4 is 29.7 Å². The Labute approximate surface area is 167 Å². The fraction of sp³-hybridized carbons (Fsp3) is 0.263. The molecule has 27 heavy (non-hydrogen) atoms. The lowest BCUT2D eigenvalue weighted by Crippen LogP contribution is -2.49. The van der Waals surface area contributed by atoms with Crippen LogP contribution >= 0.6 is 23.7 Å². The molecule has 1 N–H and O–H groups in total. The number of aromatic nitrogens is 2. The predicted octanol–water partition coefficient (Wildman–Crippen LogP) is 3.50.